The summed E-state index contributed by atoms with van der Waals surface area (Å²) in [5.41, 5.74) is 18.8. The van der Waals surface area contributed by atoms with Crippen LogP contribution >= 0.6 is 0 Å². The van der Waals surface area contributed by atoms with Gasteiger partial charge in [-0.3, -0.25) is 4.98 Å². The smallest absolute Gasteiger partial charge is 0.0708 e. The van der Waals surface area contributed by atoms with E-state index in [4.69, 9.17) is 4.98 Å². The lowest BCUT2D eigenvalue weighted by molar-refractivity contribution is 1.36. The van der Waals surface area contributed by atoms with E-state index in [-0.39, 0.29) is 0 Å². The molecule has 0 fully saturated rings. The molecule has 1 nitrogen and oxygen atoms in total. The first-order valence-corrected chi connectivity index (χ1v) is 22.7. The largest absolute Gasteiger partial charge is 0.256 e. The summed E-state index contributed by atoms with van der Waals surface area (Å²) in [5, 5.41) is 7.23. The van der Waals surface area contributed by atoms with Crippen LogP contribution in [0.5, 0.6) is 0 Å². The molecule has 66 heavy (non-hydrogen) atoms. The van der Waals surface area contributed by atoms with Gasteiger partial charge in [0.2, 0.25) is 0 Å². The average molecular weight is 838 g/mol. The lowest BCUT2D eigenvalue weighted by atomic mass is 9.78. The molecule has 0 radical (unpaired) electrons. The van der Waals surface area contributed by atoms with Gasteiger partial charge in [-0.1, -0.05) is 237 Å². The molecule has 0 N–H and O–H groups in total. The molecule has 1 heteroatoms. The Morgan fingerprint density at radius 1 is 0.212 bits per heavy atom. The summed E-state index contributed by atoms with van der Waals surface area (Å²) in [5.74, 6) is 0. The summed E-state index contributed by atoms with van der Waals surface area (Å²) in [4.78, 5) is 4.83. The predicted molar refractivity (Wildman–Crippen MR) is 280 cm³/mol. The number of pyridine rings is 1. The maximum absolute atomic E-state index is 4.83. The zero-order valence-electron chi connectivity index (χ0n) is 36.3. The van der Waals surface area contributed by atoms with Gasteiger partial charge in [0.1, 0.15) is 0 Å². The molecular formula is C65H43N. The molecule has 11 aromatic carbocycles. The molecule has 0 bridgehead atoms. The number of hydrogen-bond donors (Lipinski definition) is 0. The molecule has 1 heterocycles. The molecule has 1 aromatic heterocycles. The van der Waals surface area contributed by atoms with E-state index in [0.29, 0.717) is 0 Å². The van der Waals surface area contributed by atoms with Crippen molar-refractivity contribution in [3.8, 4) is 89.1 Å². The second-order valence-corrected chi connectivity index (χ2v) is 17.0. The molecular weight excluding hydrogens is 795 g/mol. The minimum Gasteiger partial charge on any atom is -0.256 e. The third kappa shape index (κ3) is 6.95. The number of nitrogens with zero attached hydrogens (tertiary/aromatic N) is 1. The Labute approximate surface area is 385 Å². The molecule has 0 atom stereocenters. The van der Waals surface area contributed by atoms with Gasteiger partial charge in [0.05, 0.1) is 5.69 Å². The van der Waals surface area contributed by atoms with E-state index in [9.17, 15) is 0 Å². The lowest BCUT2D eigenvalue weighted by Crippen LogP contribution is -1.98. The minimum absolute atomic E-state index is 0.974. The molecule has 308 valence electrons. The quantitative estimate of drug-likeness (QED) is 0.139. The van der Waals surface area contributed by atoms with Crippen molar-refractivity contribution in [1.82, 2.24) is 4.98 Å². The second kappa shape index (κ2) is 16.8. The fourth-order valence-electron chi connectivity index (χ4n) is 10.1. The Kier molecular flexibility index (Phi) is 9.93. The van der Waals surface area contributed by atoms with E-state index in [1.165, 1.54) is 99.3 Å². The van der Waals surface area contributed by atoms with Gasteiger partial charge in [-0.05, 0) is 123 Å². The number of aromatic nitrogens is 1. The molecule has 0 unspecified atom stereocenters. The van der Waals surface area contributed by atoms with Crippen molar-refractivity contribution in [2.24, 2.45) is 0 Å². The Hall–Kier alpha value is -8.65. The summed E-state index contributed by atoms with van der Waals surface area (Å²) < 4.78 is 0. The fourth-order valence-corrected chi connectivity index (χ4v) is 10.1. The fraction of sp³-hybridized carbons (Fsp3) is 0. The van der Waals surface area contributed by atoms with Gasteiger partial charge in [-0.2, -0.15) is 0 Å². The molecule has 0 amide bonds. The Balaban J connectivity index is 1.09. The zero-order valence-corrected chi connectivity index (χ0v) is 36.3. The second-order valence-electron chi connectivity index (χ2n) is 17.0. The Morgan fingerprint density at radius 3 is 1.14 bits per heavy atom. The summed E-state index contributed by atoms with van der Waals surface area (Å²) >= 11 is 0. The van der Waals surface area contributed by atoms with Crippen molar-refractivity contribution in [3.05, 3.63) is 261 Å². The van der Waals surface area contributed by atoms with E-state index < -0.39 is 0 Å². The van der Waals surface area contributed by atoms with Gasteiger partial charge in [0.25, 0.3) is 0 Å². The SMILES string of the molecule is c1ccc(-c2cc(-c3cccc(-c4c5ccccc5c(-c5ccc(-c6cc7ccccc7cn6)cc5)c5ccccc45)c3)c(-c3ccccc3)c(-c3ccccc3)c2-c2ccccc2)cc1. The maximum Gasteiger partial charge on any atom is 0.0708 e. The van der Waals surface area contributed by atoms with Gasteiger partial charge in [0.15, 0.2) is 0 Å². The summed E-state index contributed by atoms with van der Waals surface area (Å²) in [7, 11) is 0. The van der Waals surface area contributed by atoms with Crippen molar-refractivity contribution in [3.63, 3.8) is 0 Å². The molecule has 0 aliphatic heterocycles. The lowest BCUT2D eigenvalue weighted by Gasteiger charge is -2.25. The molecule has 0 saturated carbocycles. The van der Waals surface area contributed by atoms with Crippen LogP contribution in [0.25, 0.3) is 121 Å². The van der Waals surface area contributed by atoms with E-state index >= 15 is 0 Å². The number of fused-ring (bicyclic) bond motifs is 3. The molecule has 0 spiro atoms. The van der Waals surface area contributed by atoms with Crippen LogP contribution in [0.3, 0.4) is 0 Å². The van der Waals surface area contributed by atoms with Crippen LogP contribution in [0.1, 0.15) is 0 Å². The van der Waals surface area contributed by atoms with Crippen LogP contribution in [-0.2, 0) is 0 Å². The van der Waals surface area contributed by atoms with Crippen LogP contribution in [0.4, 0.5) is 0 Å². The van der Waals surface area contributed by atoms with Crippen LogP contribution in [0.15, 0.2) is 261 Å². The maximum atomic E-state index is 4.83. The van der Waals surface area contributed by atoms with Crippen LogP contribution in [0, 0.1) is 0 Å². The van der Waals surface area contributed by atoms with Crippen molar-refractivity contribution in [1.29, 1.82) is 0 Å². The Morgan fingerprint density at radius 2 is 0.591 bits per heavy atom. The number of benzene rings is 11. The predicted octanol–water partition coefficient (Wildman–Crippen LogP) is 17.9. The first-order valence-electron chi connectivity index (χ1n) is 22.7. The topological polar surface area (TPSA) is 12.9 Å². The molecule has 0 aliphatic carbocycles. The standard InChI is InChI=1S/C65H43N/c1-5-20-44(21-6-1)58-42-59(64(47-24-9-3-10-25-47)65(48-26-11-4-12-27-48)63(58)46-22-7-2-8-23-46)51-30-19-31-52(40-51)62-56-34-17-15-32-54(56)61(55-33-16-18-35-57(55)62)49-38-36-45(37-39-49)60-41-50-28-13-14-29-53(50)43-66-60/h1-43H. The third-order valence-electron chi connectivity index (χ3n) is 13.1. The van der Waals surface area contributed by atoms with E-state index in [1.54, 1.807) is 0 Å². The zero-order chi connectivity index (χ0) is 43.8. The molecule has 12 aromatic rings. The highest BCUT2D eigenvalue weighted by atomic mass is 14.7. The summed E-state index contributed by atoms with van der Waals surface area (Å²) in [6, 6.07) is 92.8. The van der Waals surface area contributed by atoms with Crippen molar-refractivity contribution < 1.29 is 0 Å². The van der Waals surface area contributed by atoms with E-state index in [2.05, 4.69) is 255 Å². The van der Waals surface area contributed by atoms with Gasteiger partial charge in [-0.25, -0.2) is 0 Å². The van der Waals surface area contributed by atoms with Crippen molar-refractivity contribution >= 4 is 32.3 Å². The Bertz CT molecular complexity index is 3650. The van der Waals surface area contributed by atoms with Crippen molar-refractivity contribution in [2.45, 2.75) is 0 Å². The van der Waals surface area contributed by atoms with Gasteiger partial charge < -0.3 is 0 Å². The average Bonchev–Trinajstić information content (AvgIpc) is 3.40. The summed E-state index contributed by atoms with van der Waals surface area (Å²) in [6.07, 6.45) is 1.97. The number of hydrogen-bond acceptors (Lipinski definition) is 1. The molecule has 12 rings (SSSR count). The molecule has 0 saturated heterocycles. The van der Waals surface area contributed by atoms with Crippen LogP contribution < -0.4 is 0 Å². The highest BCUT2D eigenvalue weighted by molar-refractivity contribution is 6.21. The minimum atomic E-state index is 0.974. The van der Waals surface area contributed by atoms with E-state index in [1.807, 2.05) is 6.20 Å². The van der Waals surface area contributed by atoms with Gasteiger partial charge >= 0.3 is 0 Å². The monoisotopic (exact) mass is 837 g/mol. The third-order valence-corrected chi connectivity index (χ3v) is 13.1. The first kappa shape index (κ1) is 39.0. The van der Waals surface area contributed by atoms with E-state index in [0.717, 1.165) is 22.2 Å². The van der Waals surface area contributed by atoms with Crippen LogP contribution in [0.2, 0.25) is 0 Å². The first-order chi connectivity index (χ1) is 32.8. The van der Waals surface area contributed by atoms with Crippen LogP contribution in [-0.4, -0.2) is 4.98 Å². The van der Waals surface area contributed by atoms with Gasteiger partial charge in [-0.15, -0.1) is 0 Å². The number of rotatable bonds is 8. The highest BCUT2D eigenvalue weighted by Gasteiger charge is 2.24. The van der Waals surface area contributed by atoms with Crippen molar-refractivity contribution in [2.75, 3.05) is 0 Å². The summed E-state index contributed by atoms with van der Waals surface area (Å²) in [6.45, 7) is 0. The normalized spacial score (nSPS) is 11.3. The highest BCUT2D eigenvalue weighted by Crippen LogP contribution is 2.51. The van der Waals surface area contributed by atoms with Gasteiger partial charge in [0, 0.05) is 17.1 Å². The molecule has 0 aliphatic rings.